The molecule has 0 aliphatic carbocycles. The fourth-order valence-corrected chi connectivity index (χ4v) is 3.99. The van der Waals surface area contributed by atoms with Crippen molar-refractivity contribution in [3.63, 3.8) is 0 Å². The first kappa shape index (κ1) is 20.5. The Kier molecular flexibility index (Phi) is 5.98. The molecule has 150 valence electrons. The number of ether oxygens (including phenoxy) is 1. The Labute approximate surface area is 169 Å². The molecule has 0 aromatic heterocycles. The first-order valence-corrected chi connectivity index (χ1v) is 10.3. The number of anilines is 1. The first-order valence-electron chi connectivity index (χ1n) is 8.89. The molecule has 0 aliphatic rings. The van der Waals surface area contributed by atoms with Gasteiger partial charge in [0.1, 0.15) is 11.9 Å². The Balaban J connectivity index is 1.81. The van der Waals surface area contributed by atoms with Gasteiger partial charge < -0.3 is 4.74 Å². The van der Waals surface area contributed by atoms with Gasteiger partial charge in [0.25, 0.3) is 10.0 Å². The topological polar surface area (TPSA) is 63.7 Å². The van der Waals surface area contributed by atoms with Gasteiger partial charge in [-0.15, -0.1) is 0 Å². The van der Waals surface area contributed by atoms with Crippen molar-refractivity contribution in [1.82, 2.24) is 0 Å². The van der Waals surface area contributed by atoms with Crippen LogP contribution >= 0.6 is 0 Å². The van der Waals surface area contributed by atoms with Gasteiger partial charge in [-0.1, -0.05) is 36.4 Å². The number of hydrogen-bond acceptors (Lipinski definition) is 4. The van der Waals surface area contributed by atoms with E-state index in [1.165, 1.54) is 55.6 Å². The Morgan fingerprint density at radius 1 is 0.966 bits per heavy atom. The van der Waals surface area contributed by atoms with Gasteiger partial charge in [-0.25, -0.2) is 17.6 Å². The molecule has 0 N–H and O–H groups in total. The van der Waals surface area contributed by atoms with Crippen molar-refractivity contribution in [2.75, 3.05) is 11.4 Å². The van der Waals surface area contributed by atoms with Gasteiger partial charge in [-0.2, -0.15) is 0 Å². The largest absolute Gasteiger partial charge is 0.454 e. The van der Waals surface area contributed by atoms with E-state index in [-0.39, 0.29) is 16.3 Å². The van der Waals surface area contributed by atoms with E-state index in [0.717, 1.165) is 4.31 Å². The average molecular weight is 413 g/mol. The molecule has 0 radical (unpaired) electrons. The summed E-state index contributed by atoms with van der Waals surface area (Å²) in [4.78, 5) is 12.5. The van der Waals surface area contributed by atoms with Crippen LogP contribution in [0.1, 0.15) is 28.9 Å². The molecule has 0 saturated carbocycles. The minimum Gasteiger partial charge on any atom is -0.454 e. The second-order valence-electron chi connectivity index (χ2n) is 6.44. The van der Waals surface area contributed by atoms with Crippen LogP contribution in [0, 0.1) is 5.82 Å². The van der Waals surface area contributed by atoms with E-state index in [1.54, 1.807) is 37.3 Å². The molecule has 7 heteroatoms. The van der Waals surface area contributed by atoms with Crippen LogP contribution in [0.2, 0.25) is 0 Å². The highest BCUT2D eigenvalue weighted by Gasteiger charge is 2.23. The third-order valence-corrected chi connectivity index (χ3v) is 6.25. The summed E-state index contributed by atoms with van der Waals surface area (Å²) in [5.74, 6) is -1.05. The number of sulfonamides is 1. The second kappa shape index (κ2) is 8.45. The van der Waals surface area contributed by atoms with Crippen LogP contribution < -0.4 is 4.31 Å². The van der Waals surface area contributed by atoms with E-state index in [0.29, 0.717) is 11.3 Å². The minimum absolute atomic E-state index is 0.0206. The smallest absolute Gasteiger partial charge is 0.338 e. The maximum atomic E-state index is 13.1. The lowest BCUT2D eigenvalue weighted by molar-refractivity contribution is 0.0337. The van der Waals surface area contributed by atoms with Crippen molar-refractivity contribution in [2.24, 2.45) is 0 Å². The monoisotopic (exact) mass is 413 g/mol. The van der Waals surface area contributed by atoms with E-state index in [9.17, 15) is 17.6 Å². The van der Waals surface area contributed by atoms with Gasteiger partial charge in [-0.3, -0.25) is 4.31 Å². The second-order valence-corrected chi connectivity index (χ2v) is 8.40. The average Bonchev–Trinajstić information content (AvgIpc) is 2.74. The predicted molar refractivity (Wildman–Crippen MR) is 109 cm³/mol. The van der Waals surface area contributed by atoms with Crippen molar-refractivity contribution >= 4 is 21.7 Å². The number of hydrogen-bond donors (Lipinski definition) is 0. The Morgan fingerprint density at radius 2 is 1.62 bits per heavy atom. The molecule has 0 aliphatic heterocycles. The standard InChI is InChI=1S/C22H20FNO4S/c1-16(17-11-13-19(23)14-12-17)28-22(25)18-7-6-10-21(15-18)29(26,27)24(2)20-8-4-3-5-9-20/h3-16H,1-2H3/t16-/m1/s1. The van der Waals surface area contributed by atoms with Gasteiger partial charge in [0, 0.05) is 7.05 Å². The zero-order valence-electron chi connectivity index (χ0n) is 15.9. The predicted octanol–water partition coefficient (Wildman–Crippen LogP) is 4.57. The number of nitrogens with zero attached hydrogens (tertiary/aromatic N) is 1. The van der Waals surface area contributed by atoms with Crippen molar-refractivity contribution in [2.45, 2.75) is 17.9 Å². The molecule has 0 spiro atoms. The van der Waals surface area contributed by atoms with E-state index in [4.69, 9.17) is 4.74 Å². The van der Waals surface area contributed by atoms with Crippen LogP contribution in [0.4, 0.5) is 10.1 Å². The van der Waals surface area contributed by atoms with E-state index in [2.05, 4.69) is 0 Å². The van der Waals surface area contributed by atoms with E-state index >= 15 is 0 Å². The summed E-state index contributed by atoms with van der Waals surface area (Å²) in [6.07, 6.45) is -0.615. The molecule has 0 saturated heterocycles. The number of benzene rings is 3. The Bertz CT molecular complexity index is 1100. The van der Waals surface area contributed by atoms with Crippen LogP contribution in [-0.2, 0) is 14.8 Å². The summed E-state index contributed by atoms with van der Waals surface area (Å²) in [6.45, 7) is 1.66. The zero-order valence-corrected chi connectivity index (χ0v) is 16.8. The number of esters is 1. The molecule has 3 rings (SSSR count). The van der Waals surface area contributed by atoms with E-state index in [1.807, 2.05) is 0 Å². The van der Waals surface area contributed by atoms with Gasteiger partial charge >= 0.3 is 5.97 Å². The highest BCUT2D eigenvalue weighted by atomic mass is 32.2. The SMILES string of the molecule is C[C@@H](OC(=O)c1cccc(S(=O)(=O)N(C)c2ccccc2)c1)c1ccc(F)cc1. The Hall–Kier alpha value is -3.19. The maximum Gasteiger partial charge on any atom is 0.338 e. The van der Waals surface area contributed by atoms with E-state index < -0.39 is 22.1 Å². The lowest BCUT2D eigenvalue weighted by Gasteiger charge is -2.20. The minimum atomic E-state index is -3.85. The quantitative estimate of drug-likeness (QED) is 0.556. The lowest BCUT2D eigenvalue weighted by Crippen LogP contribution is -2.26. The van der Waals surface area contributed by atoms with Crippen LogP contribution in [0.3, 0.4) is 0 Å². The maximum absolute atomic E-state index is 13.1. The summed E-state index contributed by atoms with van der Waals surface area (Å²) in [5, 5.41) is 0. The summed E-state index contributed by atoms with van der Waals surface area (Å²) in [5.41, 5.74) is 1.25. The van der Waals surface area contributed by atoms with Crippen LogP contribution in [-0.4, -0.2) is 21.4 Å². The lowest BCUT2D eigenvalue weighted by atomic mass is 10.1. The number of para-hydroxylation sites is 1. The molecule has 5 nitrogen and oxygen atoms in total. The van der Waals surface area contributed by atoms with Gasteiger partial charge in [-0.05, 0) is 55.0 Å². The molecular formula is C22H20FNO4S. The molecule has 0 heterocycles. The van der Waals surface area contributed by atoms with Crippen LogP contribution in [0.15, 0.2) is 83.8 Å². The van der Waals surface area contributed by atoms with Gasteiger partial charge in [0.15, 0.2) is 0 Å². The fourth-order valence-electron chi connectivity index (χ4n) is 2.75. The van der Waals surface area contributed by atoms with Crippen LogP contribution in [0.25, 0.3) is 0 Å². The normalized spacial score (nSPS) is 12.2. The van der Waals surface area contributed by atoms with Crippen molar-refractivity contribution in [1.29, 1.82) is 0 Å². The summed E-state index contributed by atoms with van der Waals surface area (Å²) in [7, 11) is -2.40. The number of carbonyl (C=O) groups is 1. The summed E-state index contributed by atoms with van der Waals surface area (Å²) in [6, 6.07) is 20.0. The molecule has 3 aromatic carbocycles. The molecular weight excluding hydrogens is 393 g/mol. The number of rotatable bonds is 6. The number of halogens is 1. The molecule has 1 atom stereocenters. The highest BCUT2D eigenvalue weighted by molar-refractivity contribution is 7.92. The van der Waals surface area contributed by atoms with Gasteiger partial charge in [0.2, 0.25) is 0 Å². The molecule has 0 amide bonds. The third-order valence-electron chi connectivity index (χ3n) is 4.47. The molecule has 0 bridgehead atoms. The van der Waals surface area contributed by atoms with Gasteiger partial charge in [0.05, 0.1) is 16.1 Å². The zero-order chi connectivity index (χ0) is 21.0. The first-order chi connectivity index (χ1) is 13.8. The van der Waals surface area contributed by atoms with Crippen LogP contribution in [0.5, 0.6) is 0 Å². The van der Waals surface area contributed by atoms with Crippen molar-refractivity contribution < 1.29 is 22.3 Å². The Morgan fingerprint density at radius 3 is 2.28 bits per heavy atom. The fraction of sp³-hybridized carbons (Fsp3) is 0.136. The number of carbonyl (C=O) groups excluding carboxylic acids is 1. The third kappa shape index (κ3) is 4.63. The summed E-state index contributed by atoms with van der Waals surface area (Å²) >= 11 is 0. The van der Waals surface area contributed by atoms with Crippen molar-refractivity contribution in [3.8, 4) is 0 Å². The molecule has 29 heavy (non-hydrogen) atoms. The summed E-state index contributed by atoms with van der Waals surface area (Å²) < 4.78 is 45.5. The molecule has 0 fully saturated rings. The highest BCUT2D eigenvalue weighted by Crippen LogP contribution is 2.24. The van der Waals surface area contributed by atoms with Crippen molar-refractivity contribution in [3.05, 3.63) is 95.8 Å². The molecule has 0 unspecified atom stereocenters. The molecule has 3 aromatic rings.